The van der Waals surface area contributed by atoms with Crippen LogP contribution in [0.5, 0.6) is 0 Å². The number of hydrogen-bond donors (Lipinski definition) is 1. The van der Waals surface area contributed by atoms with Gasteiger partial charge in [0, 0.05) is 16.4 Å². The second-order valence-electron chi connectivity index (χ2n) is 3.01. The molecule has 1 heterocycles. The Balaban J connectivity index is 2.34. The fraction of sp³-hybridized carbons (Fsp3) is 0.0909. The lowest BCUT2D eigenvalue weighted by Crippen LogP contribution is -1.91. The summed E-state index contributed by atoms with van der Waals surface area (Å²) in [6, 6.07) is 9.95. The molecule has 0 unspecified atom stereocenters. The second kappa shape index (κ2) is 4.13. The first kappa shape index (κ1) is 9.71. The van der Waals surface area contributed by atoms with Crippen molar-refractivity contribution in [1.29, 1.82) is 0 Å². The van der Waals surface area contributed by atoms with Gasteiger partial charge in [-0.1, -0.05) is 23.7 Å². The summed E-state index contributed by atoms with van der Waals surface area (Å²) < 4.78 is 0. The SMILES string of the molecule is NCc1cc(-c2ccc(Cl)cc2)cs1. The Morgan fingerprint density at radius 1 is 1.14 bits per heavy atom. The highest BCUT2D eigenvalue weighted by Gasteiger charge is 2.00. The molecule has 1 nitrogen and oxygen atoms in total. The molecular weight excluding hydrogens is 214 g/mol. The Kier molecular flexibility index (Phi) is 2.87. The highest BCUT2D eigenvalue weighted by atomic mass is 35.5. The van der Waals surface area contributed by atoms with Crippen LogP contribution in [0.1, 0.15) is 4.88 Å². The van der Waals surface area contributed by atoms with Crippen molar-refractivity contribution in [1.82, 2.24) is 0 Å². The molecule has 14 heavy (non-hydrogen) atoms. The van der Waals surface area contributed by atoms with Crippen LogP contribution in [-0.2, 0) is 6.54 Å². The maximum Gasteiger partial charge on any atom is 0.0406 e. The molecule has 0 saturated carbocycles. The van der Waals surface area contributed by atoms with Crippen molar-refractivity contribution in [2.75, 3.05) is 0 Å². The topological polar surface area (TPSA) is 26.0 Å². The number of rotatable bonds is 2. The van der Waals surface area contributed by atoms with E-state index in [4.69, 9.17) is 17.3 Å². The van der Waals surface area contributed by atoms with E-state index in [1.165, 1.54) is 16.0 Å². The van der Waals surface area contributed by atoms with E-state index in [1.54, 1.807) is 11.3 Å². The van der Waals surface area contributed by atoms with Crippen molar-refractivity contribution < 1.29 is 0 Å². The van der Waals surface area contributed by atoms with Gasteiger partial charge in [0.25, 0.3) is 0 Å². The molecular formula is C11H10ClNS. The summed E-state index contributed by atoms with van der Waals surface area (Å²) in [5.74, 6) is 0. The molecule has 0 bridgehead atoms. The highest BCUT2D eigenvalue weighted by Crippen LogP contribution is 2.26. The molecule has 0 radical (unpaired) electrons. The van der Waals surface area contributed by atoms with Gasteiger partial charge >= 0.3 is 0 Å². The number of thiophene rings is 1. The molecule has 0 atom stereocenters. The maximum atomic E-state index is 5.81. The van der Waals surface area contributed by atoms with Gasteiger partial charge in [-0.15, -0.1) is 11.3 Å². The second-order valence-corrected chi connectivity index (χ2v) is 4.44. The van der Waals surface area contributed by atoms with Crippen LogP contribution in [0, 0.1) is 0 Å². The Hall–Kier alpha value is -0.830. The van der Waals surface area contributed by atoms with Gasteiger partial charge in [-0.25, -0.2) is 0 Å². The van der Waals surface area contributed by atoms with E-state index >= 15 is 0 Å². The van der Waals surface area contributed by atoms with Crippen LogP contribution in [0.2, 0.25) is 5.02 Å². The summed E-state index contributed by atoms with van der Waals surface area (Å²) in [5.41, 5.74) is 7.96. The lowest BCUT2D eigenvalue weighted by molar-refractivity contribution is 1.11. The number of nitrogens with two attached hydrogens (primary N) is 1. The quantitative estimate of drug-likeness (QED) is 0.828. The van der Waals surface area contributed by atoms with Crippen LogP contribution >= 0.6 is 22.9 Å². The highest BCUT2D eigenvalue weighted by molar-refractivity contribution is 7.10. The third-order valence-corrected chi connectivity index (χ3v) is 3.24. The smallest absolute Gasteiger partial charge is 0.0406 e. The normalized spacial score (nSPS) is 10.4. The minimum absolute atomic E-state index is 0.609. The van der Waals surface area contributed by atoms with E-state index in [0.29, 0.717) is 6.54 Å². The lowest BCUT2D eigenvalue weighted by atomic mass is 10.1. The Morgan fingerprint density at radius 2 is 1.86 bits per heavy atom. The first-order valence-electron chi connectivity index (χ1n) is 4.33. The van der Waals surface area contributed by atoms with E-state index in [0.717, 1.165) is 5.02 Å². The standard InChI is InChI=1S/C11H10ClNS/c12-10-3-1-8(2-4-10)9-5-11(6-13)14-7-9/h1-5,7H,6,13H2. The average molecular weight is 224 g/mol. The molecule has 72 valence electrons. The van der Waals surface area contributed by atoms with Crippen LogP contribution < -0.4 is 5.73 Å². The predicted octanol–water partition coefficient (Wildman–Crippen LogP) is 3.53. The minimum atomic E-state index is 0.609. The molecule has 0 aliphatic carbocycles. The van der Waals surface area contributed by atoms with Crippen LogP contribution in [0.15, 0.2) is 35.7 Å². The Labute approximate surface area is 92.1 Å². The fourth-order valence-electron chi connectivity index (χ4n) is 1.28. The molecule has 2 aromatic rings. The number of hydrogen-bond acceptors (Lipinski definition) is 2. The monoisotopic (exact) mass is 223 g/mol. The van der Waals surface area contributed by atoms with Gasteiger partial charge < -0.3 is 5.73 Å². The molecule has 0 aliphatic rings. The van der Waals surface area contributed by atoms with Gasteiger partial charge in [-0.3, -0.25) is 0 Å². The molecule has 2 rings (SSSR count). The average Bonchev–Trinajstić information content (AvgIpc) is 2.67. The molecule has 0 fully saturated rings. The van der Waals surface area contributed by atoms with E-state index in [-0.39, 0.29) is 0 Å². The largest absolute Gasteiger partial charge is 0.326 e. The summed E-state index contributed by atoms with van der Waals surface area (Å²) in [4.78, 5) is 1.20. The van der Waals surface area contributed by atoms with Crippen LogP contribution in [0.25, 0.3) is 11.1 Å². The van der Waals surface area contributed by atoms with Gasteiger partial charge in [0.05, 0.1) is 0 Å². The molecule has 0 saturated heterocycles. The van der Waals surface area contributed by atoms with Gasteiger partial charge in [0.15, 0.2) is 0 Å². The van der Waals surface area contributed by atoms with Gasteiger partial charge in [0.2, 0.25) is 0 Å². The van der Waals surface area contributed by atoms with Crippen molar-refractivity contribution in [2.24, 2.45) is 5.73 Å². The summed E-state index contributed by atoms with van der Waals surface area (Å²) in [5, 5.41) is 2.88. The molecule has 3 heteroatoms. The Morgan fingerprint density at radius 3 is 2.43 bits per heavy atom. The zero-order chi connectivity index (χ0) is 9.97. The summed E-state index contributed by atoms with van der Waals surface area (Å²) >= 11 is 7.50. The lowest BCUT2D eigenvalue weighted by Gasteiger charge is -1.96. The summed E-state index contributed by atoms with van der Waals surface area (Å²) in [6.07, 6.45) is 0. The third kappa shape index (κ3) is 1.98. The van der Waals surface area contributed by atoms with E-state index in [9.17, 15) is 0 Å². The zero-order valence-corrected chi connectivity index (χ0v) is 9.11. The number of halogens is 1. The van der Waals surface area contributed by atoms with Crippen LogP contribution in [0.3, 0.4) is 0 Å². The van der Waals surface area contributed by atoms with Crippen molar-refractivity contribution in [3.63, 3.8) is 0 Å². The van der Waals surface area contributed by atoms with Crippen molar-refractivity contribution in [3.05, 3.63) is 45.6 Å². The van der Waals surface area contributed by atoms with E-state index in [2.05, 4.69) is 11.4 Å². The summed E-state index contributed by atoms with van der Waals surface area (Å²) in [7, 11) is 0. The Bertz CT molecular complexity index is 419. The third-order valence-electron chi connectivity index (χ3n) is 2.03. The predicted molar refractivity (Wildman–Crippen MR) is 62.7 cm³/mol. The van der Waals surface area contributed by atoms with Crippen molar-refractivity contribution in [2.45, 2.75) is 6.54 Å². The van der Waals surface area contributed by atoms with Crippen LogP contribution in [0.4, 0.5) is 0 Å². The fourth-order valence-corrected chi connectivity index (χ4v) is 2.18. The molecule has 0 aliphatic heterocycles. The van der Waals surface area contributed by atoms with Crippen LogP contribution in [-0.4, -0.2) is 0 Å². The molecule has 1 aromatic carbocycles. The summed E-state index contributed by atoms with van der Waals surface area (Å²) in [6.45, 7) is 0.609. The van der Waals surface area contributed by atoms with Crippen molar-refractivity contribution in [3.8, 4) is 11.1 Å². The van der Waals surface area contributed by atoms with Crippen molar-refractivity contribution >= 4 is 22.9 Å². The minimum Gasteiger partial charge on any atom is -0.326 e. The van der Waals surface area contributed by atoms with E-state index in [1.807, 2.05) is 24.3 Å². The molecule has 0 spiro atoms. The number of benzene rings is 1. The molecule has 0 amide bonds. The first-order valence-corrected chi connectivity index (χ1v) is 5.59. The zero-order valence-electron chi connectivity index (χ0n) is 7.53. The molecule has 2 N–H and O–H groups in total. The molecule has 1 aromatic heterocycles. The van der Waals surface area contributed by atoms with Gasteiger partial charge in [-0.2, -0.15) is 0 Å². The van der Waals surface area contributed by atoms with Gasteiger partial charge in [0.1, 0.15) is 0 Å². The first-order chi connectivity index (χ1) is 6.79. The van der Waals surface area contributed by atoms with E-state index < -0.39 is 0 Å². The maximum absolute atomic E-state index is 5.81. The van der Waals surface area contributed by atoms with Gasteiger partial charge in [-0.05, 0) is 34.7 Å².